The van der Waals surface area contributed by atoms with Crippen LogP contribution in [0.5, 0.6) is 0 Å². The number of rotatable bonds is 5. The van der Waals surface area contributed by atoms with Crippen molar-refractivity contribution in [3.05, 3.63) is 65.9 Å². The molecule has 4 aromatic rings. The van der Waals surface area contributed by atoms with Crippen LogP contribution in [0.1, 0.15) is 62.2 Å². The summed E-state index contributed by atoms with van der Waals surface area (Å²) in [6.45, 7) is 3.94. The third-order valence-corrected chi connectivity index (χ3v) is 9.69. The molecule has 41 heavy (non-hydrogen) atoms. The van der Waals surface area contributed by atoms with Crippen LogP contribution in [0.4, 0.5) is 14.6 Å². The van der Waals surface area contributed by atoms with Crippen LogP contribution in [0.2, 0.25) is 0 Å². The Balaban J connectivity index is 1.27. The van der Waals surface area contributed by atoms with Gasteiger partial charge in [0.1, 0.15) is 17.5 Å². The number of fused-ring (bicyclic) bond motifs is 4. The summed E-state index contributed by atoms with van der Waals surface area (Å²) >= 11 is 0. The number of halogens is 2. The number of aromatic amines is 1. The highest BCUT2D eigenvalue weighted by Crippen LogP contribution is 2.46. The molecule has 1 saturated heterocycles. The largest absolute Gasteiger partial charge is 0.367 e. The van der Waals surface area contributed by atoms with Crippen molar-refractivity contribution in [2.45, 2.75) is 57.9 Å². The van der Waals surface area contributed by atoms with Gasteiger partial charge >= 0.3 is 0 Å². The van der Waals surface area contributed by atoms with E-state index in [2.05, 4.69) is 17.2 Å². The topological polar surface area (TPSA) is 73.9 Å². The van der Waals surface area contributed by atoms with Gasteiger partial charge in [-0.2, -0.15) is 0 Å². The van der Waals surface area contributed by atoms with Crippen LogP contribution in [-0.2, 0) is 0 Å². The Kier molecular flexibility index (Phi) is 6.72. The zero-order valence-corrected chi connectivity index (χ0v) is 23.3. The average Bonchev–Trinajstić information content (AvgIpc) is 3.43. The number of piperidine rings is 1. The molecule has 1 aliphatic heterocycles. The summed E-state index contributed by atoms with van der Waals surface area (Å²) in [6, 6.07) is 12.0. The molecule has 2 bridgehead atoms. The number of likely N-dealkylation sites (tertiary alicyclic amines) is 1. The molecule has 2 atom stereocenters. The van der Waals surface area contributed by atoms with E-state index in [1.807, 2.05) is 35.2 Å². The maximum atomic E-state index is 14.5. The quantitative estimate of drug-likeness (QED) is 0.269. The van der Waals surface area contributed by atoms with Gasteiger partial charge in [0, 0.05) is 59.5 Å². The van der Waals surface area contributed by atoms with Crippen molar-refractivity contribution in [1.29, 1.82) is 0 Å². The number of benzene rings is 2. The molecule has 8 rings (SSSR count). The lowest BCUT2D eigenvalue weighted by molar-refractivity contribution is 0.0724. The van der Waals surface area contributed by atoms with E-state index in [1.54, 1.807) is 6.20 Å². The van der Waals surface area contributed by atoms with Crippen LogP contribution in [-0.4, -0.2) is 44.9 Å². The molecule has 6 nitrogen and oxygen atoms in total. The predicted molar refractivity (Wildman–Crippen MR) is 156 cm³/mol. The standard InChI is InChI=1S/C33H35F2N5O/c1-19-20-5-9-22(10-6-20)30(19)38-29-17-28(21-7-11-23(12-8-21)33(41)40-13-3-2-4-14-40)37-32(39-29)26-18-36-31-25(26)15-24(34)16-27(31)35/h7-8,11-12,15-20,22,30,36H,2-6,9-10,13-14H2,1H3,(H,37,38,39)/t19-,20?,22?,30+/m0/s1. The Labute approximate surface area is 238 Å². The minimum atomic E-state index is -0.651. The molecule has 3 saturated carbocycles. The number of anilines is 1. The van der Waals surface area contributed by atoms with Gasteiger partial charge in [0.25, 0.3) is 5.91 Å². The first kappa shape index (κ1) is 26.1. The first-order valence-corrected chi connectivity index (χ1v) is 15.0. The molecular formula is C33H35F2N5O. The zero-order valence-electron chi connectivity index (χ0n) is 23.3. The van der Waals surface area contributed by atoms with Crippen LogP contribution in [0, 0.1) is 29.4 Å². The van der Waals surface area contributed by atoms with Crippen molar-refractivity contribution in [3.8, 4) is 22.6 Å². The number of nitrogens with zero attached hydrogens (tertiary/aromatic N) is 3. The Hall–Kier alpha value is -3.81. The van der Waals surface area contributed by atoms with Gasteiger partial charge in [-0.1, -0.05) is 19.1 Å². The number of aromatic nitrogens is 3. The van der Waals surface area contributed by atoms with Gasteiger partial charge in [-0.05, 0) is 80.9 Å². The van der Waals surface area contributed by atoms with Crippen molar-refractivity contribution >= 4 is 22.6 Å². The first-order chi connectivity index (χ1) is 19.9. The highest BCUT2D eigenvalue weighted by Gasteiger charge is 2.41. The third-order valence-electron chi connectivity index (χ3n) is 9.69. The van der Waals surface area contributed by atoms with E-state index < -0.39 is 11.6 Å². The van der Waals surface area contributed by atoms with Crippen LogP contribution in [0.25, 0.3) is 33.5 Å². The number of carbonyl (C=O) groups excluding carboxylic acids is 1. The van der Waals surface area contributed by atoms with E-state index in [4.69, 9.17) is 9.97 Å². The summed E-state index contributed by atoms with van der Waals surface area (Å²) in [5.74, 6) is 1.73. The molecule has 1 amide bonds. The second kappa shape index (κ2) is 10.5. The molecule has 0 spiro atoms. The molecule has 3 aliphatic carbocycles. The number of nitrogens with one attached hydrogen (secondary N) is 2. The maximum absolute atomic E-state index is 14.5. The Morgan fingerprint density at radius 1 is 0.951 bits per heavy atom. The number of carbonyl (C=O) groups is 1. The second-order valence-electron chi connectivity index (χ2n) is 12.1. The molecule has 8 heteroatoms. The third kappa shape index (κ3) is 4.87. The van der Waals surface area contributed by atoms with E-state index in [0.29, 0.717) is 51.7 Å². The van der Waals surface area contributed by atoms with Gasteiger partial charge in [-0.25, -0.2) is 18.7 Å². The van der Waals surface area contributed by atoms with Crippen molar-refractivity contribution in [2.75, 3.05) is 18.4 Å². The summed E-state index contributed by atoms with van der Waals surface area (Å²) in [6.07, 6.45) is 9.94. The van der Waals surface area contributed by atoms with E-state index in [1.165, 1.54) is 38.2 Å². The van der Waals surface area contributed by atoms with E-state index in [-0.39, 0.29) is 11.4 Å². The van der Waals surface area contributed by atoms with Crippen molar-refractivity contribution in [1.82, 2.24) is 19.9 Å². The molecule has 2 aromatic carbocycles. The summed E-state index contributed by atoms with van der Waals surface area (Å²) in [5.41, 5.74) is 2.97. The average molecular weight is 556 g/mol. The molecule has 2 aromatic heterocycles. The highest BCUT2D eigenvalue weighted by molar-refractivity contribution is 5.95. The fourth-order valence-electron chi connectivity index (χ4n) is 7.36. The van der Waals surface area contributed by atoms with Gasteiger partial charge in [0.2, 0.25) is 0 Å². The van der Waals surface area contributed by atoms with Crippen LogP contribution < -0.4 is 5.32 Å². The normalized spacial score (nSPS) is 24.1. The number of hydrogen-bond donors (Lipinski definition) is 2. The number of hydrogen-bond acceptors (Lipinski definition) is 4. The fraction of sp³-hybridized carbons (Fsp3) is 0.424. The lowest BCUT2D eigenvalue weighted by atomic mass is 9.62. The maximum Gasteiger partial charge on any atom is 0.253 e. The lowest BCUT2D eigenvalue weighted by Gasteiger charge is -2.47. The minimum Gasteiger partial charge on any atom is -0.367 e. The first-order valence-electron chi connectivity index (χ1n) is 15.0. The Morgan fingerprint density at radius 3 is 2.41 bits per heavy atom. The summed E-state index contributed by atoms with van der Waals surface area (Å²) < 4.78 is 28.8. The summed E-state index contributed by atoms with van der Waals surface area (Å²) in [7, 11) is 0. The van der Waals surface area contributed by atoms with E-state index in [9.17, 15) is 13.6 Å². The monoisotopic (exact) mass is 555 g/mol. The predicted octanol–water partition coefficient (Wildman–Crippen LogP) is 7.43. The second-order valence-corrected chi connectivity index (χ2v) is 12.1. The van der Waals surface area contributed by atoms with Crippen LogP contribution >= 0.6 is 0 Å². The molecule has 0 unspecified atom stereocenters. The lowest BCUT2D eigenvalue weighted by Crippen LogP contribution is -2.47. The van der Waals surface area contributed by atoms with Gasteiger partial charge in [-0.15, -0.1) is 0 Å². The van der Waals surface area contributed by atoms with Crippen LogP contribution in [0.3, 0.4) is 0 Å². The molecule has 4 aliphatic rings. The smallest absolute Gasteiger partial charge is 0.253 e. The highest BCUT2D eigenvalue weighted by atomic mass is 19.1. The summed E-state index contributed by atoms with van der Waals surface area (Å²) in [4.78, 5) is 27.6. The number of H-pyrrole nitrogens is 1. The van der Waals surface area contributed by atoms with Crippen LogP contribution in [0.15, 0.2) is 48.7 Å². The van der Waals surface area contributed by atoms with E-state index in [0.717, 1.165) is 43.5 Å². The Morgan fingerprint density at radius 2 is 1.68 bits per heavy atom. The number of amides is 1. The SMILES string of the molecule is C[C@H]1C2CCC(CC2)[C@@H]1Nc1cc(-c2ccc(C(=O)N3CCCCC3)cc2)nc(-c2c[nH]c3c(F)cc(F)cc23)n1. The van der Waals surface area contributed by atoms with E-state index >= 15 is 0 Å². The van der Waals surface area contributed by atoms with Gasteiger partial charge in [0.15, 0.2) is 5.82 Å². The molecule has 3 heterocycles. The van der Waals surface area contributed by atoms with Crippen molar-refractivity contribution in [2.24, 2.45) is 17.8 Å². The van der Waals surface area contributed by atoms with Gasteiger partial charge in [0.05, 0.1) is 11.2 Å². The molecule has 0 radical (unpaired) electrons. The molecule has 2 N–H and O–H groups in total. The minimum absolute atomic E-state index is 0.0613. The van der Waals surface area contributed by atoms with Gasteiger partial charge in [-0.3, -0.25) is 4.79 Å². The Bertz CT molecular complexity index is 1580. The molecule has 4 fully saturated rings. The van der Waals surface area contributed by atoms with Gasteiger partial charge < -0.3 is 15.2 Å². The molecule has 212 valence electrons. The van der Waals surface area contributed by atoms with Crippen molar-refractivity contribution < 1.29 is 13.6 Å². The fourth-order valence-corrected chi connectivity index (χ4v) is 7.36. The zero-order chi connectivity index (χ0) is 28.1. The van der Waals surface area contributed by atoms with Crippen molar-refractivity contribution in [3.63, 3.8) is 0 Å². The molecular weight excluding hydrogens is 520 g/mol. The summed E-state index contributed by atoms with van der Waals surface area (Å²) in [5, 5.41) is 4.15.